The van der Waals surface area contributed by atoms with Crippen molar-refractivity contribution in [2.45, 2.75) is 25.9 Å². The van der Waals surface area contributed by atoms with E-state index in [0.29, 0.717) is 0 Å². The summed E-state index contributed by atoms with van der Waals surface area (Å²) >= 11 is 5.61. The molecule has 5 heteroatoms. The highest BCUT2D eigenvalue weighted by Crippen LogP contribution is 2.49. The molecular formula is C17H19ClO4. The standard InChI is InChI=1S/C17H19ClO4/c1-5-17(3,4)22-16(20)14-12-7-6-11(8-12)13(14)15(19)21-9-10(2)18/h1,6-7,11-14H,2,8-9H2,3-4H3/t11-,12-,13-,14+/m1/s1. The molecule has 1 saturated carbocycles. The lowest BCUT2D eigenvalue weighted by Gasteiger charge is -2.28. The minimum Gasteiger partial charge on any atom is -0.460 e. The Labute approximate surface area is 135 Å². The summed E-state index contributed by atoms with van der Waals surface area (Å²) in [5.41, 5.74) is -0.999. The largest absolute Gasteiger partial charge is 0.460 e. The topological polar surface area (TPSA) is 52.6 Å². The van der Waals surface area contributed by atoms with E-state index in [-0.39, 0.29) is 23.5 Å². The Hall–Kier alpha value is -1.73. The van der Waals surface area contributed by atoms with Crippen LogP contribution in [0.3, 0.4) is 0 Å². The van der Waals surface area contributed by atoms with Crippen LogP contribution >= 0.6 is 11.6 Å². The third-order valence-corrected chi connectivity index (χ3v) is 4.19. The maximum Gasteiger partial charge on any atom is 0.311 e. The minimum absolute atomic E-state index is 0.00686. The van der Waals surface area contributed by atoms with Gasteiger partial charge in [-0.15, -0.1) is 6.42 Å². The normalized spacial score (nSPS) is 29.0. The van der Waals surface area contributed by atoms with Crippen LogP contribution in [0.2, 0.25) is 0 Å². The number of hydrogen-bond acceptors (Lipinski definition) is 4. The molecule has 0 aliphatic heterocycles. The molecule has 1 fully saturated rings. The summed E-state index contributed by atoms with van der Waals surface area (Å²) in [5.74, 6) is 0.396. The summed E-state index contributed by atoms with van der Waals surface area (Å²) < 4.78 is 10.5. The van der Waals surface area contributed by atoms with E-state index in [1.807, 2.05) is 12.2 Å². The fourth-order valence-electron chi connectivity index (χ4n) is 3.06. The van der Waals surface area contributed by atoms with Crippen LogP contribution in [-0.2, 0) is 19.1 Å². The number of halogens is 1. The Morgan fingerprint density at radius 3 is 2.36 bits per heavy atom. The minimum atomic E-state index is -0.999. The first-order valence-electron chi connectivity index (χ1n) is 7.14. The molecule has 4 atom stereocenters. The molecular weight excluding hydrogens is 304 g/mol. The highest BCUT2D eigenvalue weighted by Gasteiger charge is 2.53. The highest BCUT2D eigenvalue weighted by molar-refractivity contribution is 6.29. The first-order valence-corrected chi connectivity index (χ1v) is 7.52. The summed E-state index contributed by atoms with van der Waals surface area (Å²) in [6.07, 6.45) is 10.0. The molecule has 0 saturated heterocycles. The van der Waals surface area contributed by atoms with Crippen LogP contribution < -0.4 is 0 Å². The molecule has 0 heterocycles. The number of esters is 2. The monoisotopic (exact) mass is 322 g/mol. The average Bonchev–Trinajstić information content (AvgIpc) is 3.04. The molecule has 0 aromatic rings. The van der Waals surface area contributed by atoms with Crippen LogP contribution in [0, 0.1) is 36.0 Å². The van der Waals surface area contributed by atoms with Crippen LogP contribution in [-0.4, -0.2) is 24.1 Å². The molecule has 4 nitrogen and oxygen atoms in total. The molecule has 2 aliphatic carbocycles. The zero-order chi connectivity index (χ0) is 16.5. The Morgan fingerprint density at radius 2 is 1.86 bits per heavy atom. The lowest BCUT2D eigenvalue weighted by atomic mass is 9.83. The van der Waals surface area contributed by atoms with Gasteiger partial charge in [0.2, 0.25) is 0 Å². The van der Waals surface area contributed by atoms with Gasteiger partial charge in [0.15, 0.2) is 5.60 Å². The predicted octanol–water partition coefficient (Wildman–Crippen LogP) is 2.68. The van der Waals surface area contributed by atoms with Gasteiger partial charge >= 0.3 is 11.9 Å². The summed E-state index contributed by atoms with van der Waals surface area (Å²) in [6, 6.07) is 0. The van der Waals surface area contributed by atoms with Gasteiger partial charge in [-0.3, -0.25) is 9.59 Å². The van der Waals surface area contributed by atoms with Crippen LogP contribution in [0.1, 0.15) is 20.3 Å². The van der Waals surface area contributed by atoms with Crippen molar-refractivity contribution >= 4 is 23.5 Å². The first kappa shape index (κ1) is 16.6. The third-order valence-electron chi connectivity index (χ3n) is 4.08. The molecule has 0 amide bonds. The van der Waals surface area contributed by atoms with E-state index >= 15 is 0 Å². The second-order valence-electron chi connectivity index (χ2n) is 6.20. The predicted molar refractivity (Wildman–Crippen MR) is 82.7 cm³/mol. The van der Waals surface area contributed by atoms with Crippen molar-refractivity contribution in [3.05, 3.63) is 23.8 Å². The lowest BCUT2D eigenvalue weighted by molar-refractivity contribution is -0.166. The summed E-state index contributed by atoms with van der Waals surface area (Å²) in [5, 5.41) is 0.236. The number of terminal acetylenes is 1. The molecule has 22 heavy (non-hydrogen) atoms. The van der Waals surface area contributed by atoms with E-state index in [9.17, 15) is 9.59 Å². The Bertz CT molecular complexity index is 570. The second-order valence-corrected chi connectivity index (χ2v) is 6.74. The molecule has 0 unspecified atom stereocenters. The number of carbonyl (C=O) groups excluding carboxylic acids is 2. The molecule has 2 bridgehead atoms. The van der Waals surface area contributed by atoms with Gasteiger partial charge in [-0.1, -0.05) is 36.3 Å². The second kappa shape index (κ2) is 6.18. The van der Waals surface area contributed by atoms with Crippen molar-refractivity contribution in [3.8, 4) is 12.3 Å². The summed E-state index contributed by atoms with van der Waals surface area (Å²) in [7, 11) is 0. The van der Waals surface area contributed by atoms with Crippen molar-refractivity contribution in [3.63, 3.8) is 0 Å². The smallest absolute Gasteiger partial charge is 0.311 e. The fraction of sp³-hybridized carbons (Fsp3) is 0.529. The van der Waals surface area contributed by atoms with Gasteiger partial charge in [-0.2, -0.15) is 0 Å². The van der Waals surface area contributed by atoms with Gasteiger partial charge < -0.3 is 9.47 Å². The first-order chi connectivity index (χ1) is 10.2. The van der Waals surface area contributed by atoms with E-state index in [0.717, 1.165) is 6.42 Å². The van der Waals surface area contributed by atoms with E-state index in [1.165, 1.54) is 0 Å². The van der Waals surface area contributed by atoms with Gasteiger partial charge in [0.1, 0.15) is 6.61 Å². The number of hydrogen-bond donors (Lipinski definition) is 0. The van der Waals surface area contributed by atoms with Gasteiger partial charge in [0.25, 0.3) is 0 Å². The number of carbonyl (C=O) groups is 2. The number of allylic oxidation sites excluding steroid dienone is 2. The Balaban J connectivity index is 2.13. The quantitative estimate of drug-likeness (QED) is 0.443. The zero-order valence-corrected chi connectivity index (χ0v) is 13.4. The van der Waals surface area contributed by atoms with Gasteiger partial charge in [-0.05, 0) is 32.1 Å². The molecule has 0 spiro atoms. The molecule has 118 valence electrons. The van der Waals surface area contributed by atoms with Crippen molar-refractivity contribution < 1.29 is 19.1 Å². The van der Waals surface area contributed by atoms with Crippen molar-refractivity contribution in [1.29, 1.82) is 0 Å². The Morgan fingerprint density at radius 1 is 1.32 bits per heavy atom. The van der Waals surface area contributed by atoms with E-state index in [1.54, 1.807) is 13.8 Å². The average molecular weight is 323 g/mol. The fourth-order valence-corrected chi connectivity index (χ4v) is 3.11. The molecule has 2 aliphatic rings. The summed E-state index contributed by atoms with van der Waals surface area (Å²) in [6.45, 7) is 6.69. The van der Waals surface area contributed by atoms with E-state index in [4.69, 9.17) is 27.5 Å². The van der Waals surface area contributed by atoms with Gasteiger partial charge in [-0.25, -0.2) is 0 Å². The van der Waals surface area contributed by atoms with Crippen molar-refractivity contribution in [1.82, 2.24) is 0 Å². The van der Waals surface area contributed by atoms with Gasteiger partial charge in [0, 0.05) is 5.03 Å². The molecule has 0 radical (unpaired) electrons. The maximum atomic E-state index is 12.5. The lowest BCUT2D eigenvalue weighted by Crippen LogP contribution is -2.39. The molecule has 0 aromatic heterocycles. The number of rotatable bonds is 5. The van der Waals surface area contributed by atoms with E-state index in [2.05, 4.69) is 12.5 Å². The van der Waals surface area contributed by atoms with Crippen LogP contribution in [0.4, 0.5) is 0 Å². The van der Waals surface area contributed by atoms with Crippen LogP contribution in [0.25, 0.3) is 0 Å². The van der Waals surface area contributed by atoms with Crippen molar-refractivity contribution in [2.24, 2.45) is 23.7 Å². The zero-order valence-electron chi connectivity index (χ0n) is 12.7. The summed E-state index contributed by atoms with van der Waals surface area (Å²) in [4.78, 5) is 24.7. The molecule has 2 rings (SSSR count). The van der Waals surface area contributed by atoms with Crippen molar-refractivity contribution in [2.75, 3.05) is 6.61 Å². The number of fused-ring (bicyclic) bond motifs is 2. The highest BCUT2D eigenvalue weighted by atomic mass is 35.5. The molecule has 0 aromatic carbocycles. The van der Waals surface area contributed by atoms with Crippen LogP contribution in [0.5, 0.6) is 0 Å². The SMILES string of the molecule is C#CC(C)(C)OC(=O)[C@@H]1[C@H](C(=O)OCC(=C)Cl)[C@@H]2C=C[C@@H]1C2. The van der Waals surface area contributed by atoms with E-state index < -0.39 is 29.4 Å². The maximum absolute atomic E-state index is 12.5. The Kier molecular flexibility index (Phi) is 4.67. The van der Waals surface area contributed by atoms with Crippen LogP contribution in [0.15, 0.2) is 23.8 Å². The van der Waals surface area contributed by atoms with Gasteiger partial charge in [0.05, 0.1) is 11.8 Å². The number of ether oxygens (including phenoxy) is 2. The third kappa shape index (κ3) is 3.36. The molecule has 0 N–H and O–H groups in total.